The highest BCUT2D eigenvalue weighted by molar-refractivity contribution is 6.32. The van der Waals surface area contributed by atoms with E-state index in [9.17, 15) is 18.0 Å². The van der Waals surface area contributed by atoms with Crippen molar-refractivity contribution in [1.82, 2.24) is 19.8 Å². The van der Waals surface area contributed by atoms with E-state index in [-0.39, 0.29) is 35.0 Å². The van der Waals surface area contributed by atoms with Crippen LogP contribution >= 0.6 is 23.2 Å². The third kappa shape index (κ3) is 4.57. The van der Waals surface area contributed by atoms with E-state index in [4.69, 9.17) is 27.9 Å². The second-order valence-electron chi connectivity index (χ2n) is 7.58. The molecule has 3 heterocycles. The van der Waals surface area contributed by atoms with Crippen LogP contribution in [0.15, 0.2) is 18.2 Å². The summed E-state index contributed by atoms with van der Waals surface area (Å²) in [6.07, 6.45) is -4.56. The number of ether oxygens (including phenoxy) is 1. The second kappa shape index (κ2) is 8.92. The zero-order valence-electron chi connectivity index (χ0n) is 17.0. The SMILES string of the molecule is CC(Nc1nc(Cl)nc2c1CN(C(=O)N1CCOCC1)C2)c1cccc(C(F)(F)F)c1Cl. The van der Waals surface area contributed by atoms with E-state index in [1.165, 1.54) is 12.1 Å². The van der Waals surface area contributed by atoms with Gasteiger partial charge in [-0.25, -0.2) is 14.8 Å². The van der Waals surface area contributed by atoms with Gasteiger partial charge in [0.2, 0.25) is 5.28 Å². The highest BCUT2D eigenvalue weighted by Gasteiger charge is 2.35. The maximum atomic E-state index is 13.2. The molecule has 2 aromatic rings. The minimum Gasteiger partial charge on any atom is -0.378 e. The number of anilines is 1. The molecule has 0 bridgehead atoms. The fourth-order valence-electron chi connectivity index (χ4n) is 3.82. The first-order valence-electron chi connectivity index (χ1n) is 9.94. The first-order valence-corrected chi connectivity index (χ1v) is 10.7. The molecule has 172 valence electrons. The quantitative estimate of drug-likeness (QED) is 0.630. The maximum Gasteiger partial charge on any atom is 0.417 e. The van der Waals surface area contributed by atoms with Gasteiger partial charge in [-0.15, -0.1) is 0 Å². The number of alkyl halides is 3. The monoisotopic (exact) mass is 489 g/mol. The summed E-state index contributed by atoms with van der Waals surface area (Å²) in [5, 5.41) is 2.71. The average molecular weight is 490 g/mol. The molecule has 2 aliphatic heterocycles. The lowest BCUT2D eigenvalue weighted by atomic mass is 10.0. The lowest BCUT2D eigenvalue weighted by Crippen LogP contribution is -2.46. The van der Waals surface area contributed by atoms with E-state index in [1.54, 1.807) is 16.7 Å². The minimum absolute atomic E-state index is 0.0192. The van der Waals surface area contributed by atoms with Crippen LogP contribution in [0.4, 0.5) is 23.8 Å². The standard InChI is InChI=1S/C20H20Cl2F3N5O2/c1-11(12-3-2-4-14(16(12)21)20(23,24)25)26-17-13-9-30(10-15(13)27-18(22)28-17)19(31)29-5-7-32-8-6-29/h2-4,11H,5-10H2,1H3,(H,26,27,28). The molecule has 1 aromatic heterocycles. The number of nitrogens with one attached hydrogen (secondary N) is 1. The summed E-state index contributed by atoms with van der Waals surface area (Å²) in [7, 11) is 0. The Morgan fingerprint density at radius 2 is 1.88 bits per heavy atom. The lowest BCUT2D eigenvalue weighted by molar-refractivity contribution is -0.137. The van der Waals surface area contributed by atoms with Gasteiger partial charge in [0, 0.05) is 18.7 Å². The number of aromatic nitrogens is 2. The Labute approximate surface area is 192 Å². The van der Waals surface area contributed by atoms with E-state index < -0.39 is 17.8 Å². The van der Waals surface area contributed by atoms with Gasteiger partial charge in [-0.1, -0.05) is 23.7 Å². The van der Waals surface area contributed by atoms with Crippen molar-refractivity contribution in [2.24, 2.45) is 0 Å². The predicted molar refractivity (Wildman–Crippen MR) is 113 cm³/mol. The molecule has 2 amide bonds. The van der Waals surface area contributed by atoms with Gasteiger partial charge in [0.15, 0.2) is 0 Å². The number of urea groups is 1. The van der Waals surface area contributed by atoms with Gasteiger partial charge in [-0.2, -0.15) is 13.2 Å². The Kier molecular flexibility index (Phi) is 6.37. The number of carbonyl (C=O) groups excluding carboxylic acids is 1. The zero-order valence-corrected chi connectivity index (χ0v) is 18.6. The smallest absolute Gasteiger partial charge is 0.378 e. The van der Waals surface area contributed by atoms with Gasteiger partial charge in [0.25, 0.3) is 0 Å². The molecular formula is C20H20Cl2F3N5O2. The summed E-state index contributed by atoms with van der Waals surface area (Å²) in [6.45, 7) is 4.19. The van der Waals surface area contributed by atoms with Gasteiger partial charge < -0.3 is 19.9 Å². The van der Waals surface area contributed by atoms with Crippen LogP contribution in [-0.2, 0) is 24.0 Å². The molecule has 1 fully saturated rings. The summed E-state index contributed by atoms with van der Waals surface area (Å²) >= 11 is 12.1. The molecule has 1 N–H and O–H groups in total. The molecule has 0 aliphatic carbocycles. The van der Waals surface area contributed by atoms with Crippen molar-refractivity contribution in [2.75, 3.05) is 31.6 Å². The van der Waals surface area contributed by atoms with Crippen LogP contribution in [0.1, 0.15) is 35.3 Å². The highest BCUT2D eigenvalue weighted by atomic mass is 35.5. The van der Waals surface area contributed by atoms with E-state index in [0.29, 0.717) is 43.4 Å². The van der Waals surface area contributed by atoms with Crippen molar-refractivity contribution < 1.29 is 22.7 Å². The van der Waals surface area contributed by atoms with Gasteiger partial charge in [0.1, 0.15) is 5.82 Å². The van der Waals surface area contributed by atoms with Crippen LogP contribution in [0.2, 0.25) is 10.3 Å². The van der Waals surface area contributed by atoms with Crippen LogP contribution < -0.4 is 5.32 Å². The normalized spacial score (nSPS) is 17.3. The topological polar surface area (TPSA) is 70.6 Å². The number of morpholine rings is 1. The number of amides is 2. The summed E-state index contributed by atoms with van der Waals surface area (Å²) in [5.41, 5.74) is 0.630. The van der Waals surface area contributed by atoms with Gasteiger partial charge >= 0.3 is 12.2 Å². The molecule has 2 aliphatic rings. The summed E-state index contributed by atoms with van der Waals surface area (Å²) in [5.74, 6) is 0.359. The number of hydrogen-bond acceptors (Lipinski definition) is 5. The van der Waals surface area contributed by atoms with Crippen molar-refractivity contribution in [3.05, 3.63) is 50.9 Å². The third-order valence-electron chi connectivity index (χ3n) is 5.46. The Balaban J connectivity index is 1.57. The molecular weight excluding hydrogens is 470 g/mol. The number of carbonyl (C=O) groups is 1. The first-order chi connectivity index (χ1) is 15.1. The van der Waals surface area contributed by atoms with Gasteiger partial charge in [0.05, 0.1) is 48.6 Å². The van der Waals surface area contributed by atoms with E-state index in [0.717, 1.165) is 6.07 Å². The molecule has 0 spiro atoms. The number of fused-ring (bicyclic) bond motifs is 1. The summed E-state index contributed by atoms with van der Waals surface area (Å²) < 4.78 is 45.0. The molecule has 1 saturated heterocycles. The Bertz CT molecular complexity index is 1030. The molecule has 12 heteroatoms. The van der Waals surface area contributed by atoms with E-state index in [2.05, 4.69) is 15.3 Å². The highest BCUT2D eigenvalue weighted by Crippen LogP contribution is 2.39. The Morgan fingerprint density at radius 3 is 2.56 bits per heavy atom. The fraction of sp³-hybridized carbons (Fsp3) is 0.450. The number of nitrogens with zero attached hydrogens (tertiary/aromatic N) is 4. The second-order valence-corrected chi connectivity index (χ2v) is 8.29. The zero-order chi connectivity index (χ0) is 23.0. The number of benzene rings is 1. The van der Waals surface area contributed by atoms with Crippen LogP contribution in [-0.4, -0.2) is 52.1 Å². The summed E-state index contributed by atoms with van der Waals surface area (Å²) in [6, 6.07) is 3.02. The molecule has 32 heavy (non-hydrogen) atoms. The fourth-order valence-corrected chi connectivity index (χ4v) is 4.40. The number of halogens is 5. The van der Waals surface area contributed by atoms with Crippen LogP contribution in [0, 0.1) is 0 Å². The molecule has 7 nitrogen and oxygen atoms in total. The van der Waals surface area contributed by atoms with Crippen LogP contribution in [0.25, 0.3) is 0 Å². The number of hydrogen-bond donors (Lipinski definition) is 1. The molecule has 1 unspecified atom stereocenters. The van der Waals surface area contributed by atoms with E-state index >= 15 is 0 Å². The first kappa shape index (κ1) is 22.9. The van der Waals surface area contributed by atoms with Crippen LogP contribution in [0.5, 0.6) is 0 Å². The third-order valence-corrected chi connectivity index (χ3v) is 6.05. The van der Waals surface area contributed by atoms with Crippen molar-refractivity contribution >= 4 is 35.1 Å². The molecule has 1 aromatic carbocycles. The largest absolute Gasteiger partial charge is 0.417 e. The van der Waals surface area contributed by atoms with Crippen molar-refractivity contribution in [2.45, 2.75) is 32.2 Å². The number of rotatable bonds is 3. The molecule has 1 atom stereocenters. The van der Waals surface area contributed by atoms with Gasteiger partial charge in [-0.05, 0) is 30.2 Å². The van der Waals surface area contributed by atoms with Crippen molar-refractivity contribution in [3.63, 3.8) is 0 Å². The predicted octanol–water partition coefficient (Wildman–Crippen LogP) is 4.74. The lowest BCUT2D eigenvalue weighted by Gasteiger charge is -2.30. The minimum atomic E-state index is -4.56. The maximum absolute atomic E-state index is 13.2. The van der Waals surface area contributed by atoms with Crippen molar-refractivity contribution in [3.8, 4) is 0 Å². The summed E-state index contributed by atoms with van der Waals surface area (Å²) in [4.78, 5) is 24.7. The van der Waals surface area contributed by atoms with Crippen molar-refractivity contribution in [1.29, 1.82) is 0 Å². The average Bonchev–Trinajstić information content (AvgIpc) is 3.17. The molecule has 4 rings (SSSR count). The van der Waals surface area contributed by atoms with E-state index in [1.807, 2.05) is 0 Å². The Hall–Kier alpha value is -2.30. The van der Waals surface area contributed by atoms with Gasteiger partial charge in [-0.3, -0.25) is 0 Å². The molecule has 0 radical (unpaired) electrons. The molecule has 0 saturated carbocycles. The Morgan fingerprint density at radius 1 is 1.16 bits per heavy atom. The van der Waals surface area contributed by atoms with Crippen LogP contribution in [0.3, 0.4) is 0 Å².